The normalized spacial score (nSPS) is 23.2. The van der Waals surface area contributed by atoms with Crippen molar-refractivity contribution >= 4 is 37.5 Å². The van der Waals surface area contributed by atoms with Gasteiger partial charge in [0.2, 0.25) is 5.91 Å². The number of aryl methyl sites for hydroxylation is 1. The summed E-state index contributed by atoms with van der Waals surface area (Å²) in [5.74, 6) is 1.00. The Morgan fingerprint density at radius 1 is 1.07 bits per heavy atom. The predicted molar refractivity (Wildman–Crippen MR) is 117 cm³/mol. The molecule has 2 bridgehead atoms. The van der Waals surface area contributed by atoms with Gasteiger partial charge in [0.1, 0.15) is 6.54 Å². The van der Waals surface area contributed by atoms with Crippen molar-refractivity contribution in [2.24, 2.45) is 11.8 Å². The van der Waals surface area contributed by atoms with Crippen LogP contribution in [0.15, 0.2) is 57.9 Å². The molecule has 2 saturated carbocycles. The van der Waals surface area contributed by atoms with Crippen molar-refractivity contribution in [3.05, 3.63) is 58.6 Å². The first-order valence-electron chi connectivity index (χ1n) is 9.97. The molecule has 1 amide bonds. The van der Waals surface area contributed by atoms with Gasteiger partial charge in [-0.1, -0.05) is 40.0 Å². The van der Waals surface area contributed by atoms with E-state index in [4.69, 9.17) is 0 Å². The average molecular weight is 477 g/mol. The number of anilines is 1. The molecule has 154 valence electrons. The van der Waals surface area contributed by atoms with Crippen molar-refractivity contribution in [1.82, 2.24) is 5.32 Å². The van der Waals surface area contributed by atoms with Crippen molar-refractivity contribution in [1.29, 1.82) is 0 Å². The maximum absolute atomic E-state index is 13.4. The van der Waals surface area contributed by atoms with Crippen LogP contribution < -0.4 is 9.62 Å². The lowest BCUT2D eigenvalue weighted by atomic mass is 9.95. The SMILES string of the molecule is Cc1ccc(S(=O)(=O)N(CC(=O)NC2CC3CCC2C3)c2ccc(Br)cc2)cc1. The molecule has 29 heavy (non-hydrogen) atoms. The summed E-state index contributed by atoms with van der Waals surface area (Å²) >= 11 is 3.38. The average Bonchev–Trinajstić information content (AvgIpc) is 3.30. The fourth-order valence-corrected chi connectivity index (χ4v) is 6.25. The third kappa shape index (κ3) is 4.36. The minimum absolute atomic E-state index is 0.176. The van der Waals surface area contributed by atoms with E-state index in [0.717, 1.165) is 22.9 Å². The fourth-order valence-electron chi connectivity index (χ4n) is 4.56. The molecular formula is C22H25BrN2O3S. The summed E-state index contributed by atoms with van der Waals surface area (Å²) in [6, 6.07) is 13.9. The summed E-state index contributed by atoms with van der Waals surface area (Å²) in [5, 5.41) is 3.10. The third-order valence-corrected chi connectivity index (χ3v) is 8.41. The molecule has 2 aliphatic rings. The molecule has 2 fully saturated rings. The number of hydrogen-bond donors (Lipinski definition) is 1. The smallest absolute Gasteiger partial charge is 0.264 e. The Labute approximate surface area is 180 Å². The molecule has 2 aliphatic carbocycles. The molecule has 0 radical (unpaired) electrons. The highest BCUT2D eigenvalue weighted by atomic mass is 79.9. The van der Waals surface area contributed by atoms with Crippen LogP contribution in [0, 0.1) is 18.8 Å². The lowest BCUT2D eigenvalue weighted by molar-refractivity contribution is -0.120. The number of amides is 1. The van der Waals surface area contributed by atoms with E-state index in [2.05, 4.69) is 21.2 Å². The molecule has 0 aromatic heterocycles. The van der Waals surface area contributed by atoms with Gasteiger partial charge >= 0.3 is 0 Å². The molecule has 0 heterocycles. The maximum atomic E-state index is 13.4. The van der Waals surface area contributed by atoms with Crippen molar-refractivity contribution < 1.29 is 13.2 Å². The van der Waals surface area contributed by atoms with Gasteiger partial charge in [-0.2, -0.15) is 0 Å². The van der Waals surface area contributed by atoms with E-state index in [1.807, 2.05) is 6.92 Å². The number of fused-ring (bicyclic) bond motifs is 2. The van der Waals surface area contributed by atoms with Gasteiger partial charge < -0.3 is 5.32 Å². The van der Waals surface area contributed by atoms with Gasteiger partial charge in [0.15, 0.2) is 0 Å². The number of nitrogens with zero attached hydrogens (tertiary/aromatic N) is 1. The van der Waals surface area contributed by atoms with E-state index in [1.165, 1.54) is 17.1 Å². The lowest BCUT2D eigenvalue weighted by Gasteiger charge is -2.27. The highest BCUT2D eigenvalue weighted by Gasteiger charge is 2.40. The molecule has 0 aliphatic heterocycles. The molecule has 0 spiro atoms. The summed E-state index contributed by atoms with van der Waals surface area (Å²) in [4.78, 5) is 13.0. The van der Waals surface area contributed by atoms with Crippen LogP contribution >= 0.6 is 15.9 Å². The minimum Gasteiger partial charge on any atom is -0.352 e. The Balaban J connectivity index is 1.59. The highest BCUT2D eigenvalue weighted by Crippen LogP contribution is 2.44. The van der Waals surface area contributed by atoms with Crippen LogP contribution in [0.2, 0.25) is 0 Å². The van der Waals surface area contributed by atoms with Crippen LogP contribution in [-0.2, 0) is 14.8 Å². The molecule has 2 aromatic carbocycles. The zero-order valence-corrected chi connectivity index (χ0v) is 18.7. The van der Waals surface area contributed by atoms with Gasteiger partial charge in [0, 0.05) is 10.5 Å². The van der Waals surface area contributed by atoms with E-state index >= 15 is 0 Å². The Kier molecular flexibility index (Phi) is 5.71. The van der Waals surface area contributed by atoms with E-state index in [-0.39, 0.29) is 23.4 Å². The highest BCUT2D eigenvalue weighted by molar-refractivity contribution is 9.10. The number of benzene rings is 2. The van der Waals surface area contributed by atoms with Gasteiger partial charge in [0.25, 0.3) is 10.0 Å². The van der Waals surface area contributed by atoms with Gasteiger partial charge in [-0.25, -0.2) is 8.42 Å². The number of halogens is 1. The Morgan fingerprint density at radius 2 is 1.76 bits per heavy atom. The summed E-state index contributed by atoms with van der Waals surface area (Å²) in [6.07, 6.45) is 4.61. The number of hydrogen-bond acceptors (Lipinski definition) is 3. The number of nitrogens with one attached hydrogen (secondary N) is 1. The van der Waals surface area contributed by atoms with E-state index < -0.39 is 10.0 Å². The molecule has 3 unspecified atom stereocenters. The molecular weight excluding hydrogens is 452 g/mol. The quantitative estimate of drug-likeness (QED) is 0.677. The van der Waals surface area contributed by atoms with Crippen molar-refractivity contribution in [2.75, 3.05) is 10.8 Å². The van der Waals surface area contributed by atoms with Crippen LogP contribution in [0.3, 0.4) is 0 Å². The van der Waals surface area contributed by atoms with Crippen LogP contribution in [0.1, 0.15) is 31.2 Å². The molecule has 0 saturated heterocycles. The summed E-state index contributed by atoms with van der Waals surface area (Å²) < 4.78 is 28.8. The zero-order chi connectivity index (χ0) is 20.6. The van der Waals surface area contributed by atoms with E-state index in [0.29, 0.717) is 17.5 Å². The van der Waals surface area contributed by atoms with E-state index in [9.17, 15) is 13.2 Å². The number of rotatable bonds is 6. The summed E-state index contributed by atoms with van der Waals surface area (Å²) in [7, 11) is -3.87. The largest absolute Gasteiger partial charge is 0.352 e. The number of carbonyl (C=O) groups is 1. The predicted octanol–water partition coefficient (Wildman–Crippen LogP) is 4.26. The second kappa shape index (κ2) is 8.11. The van der Waals surface area contributed by atoms with Crippen molar-refractivity contribution in [2.45, 2.75) is 43.5 Å². The molecule has 1 N–H and O–H groups in total. The van der Waals surface area contributed by atoms with Crippen LogP contribution in [0.4, 0.5) is 5.69 Å². The topological polar surface area (TPSA) is 66.5 Å². The first-order chi connectivity index (χ1) is 13.8. The first kappa shape index (κ1) is 20.4. The van der Waals surface area contributed by atoms with Gasteiger partial charge in [-0.05, 0) is 74.4 Å². The second-order valence-corrected chi connectivity index (χ2v) is 10.9. The van der Waals surface area contributed by atoms with Crippen LogP contribution in [0.5, 0.6) is 0 Å². The fraction of sp³-hybridized carbons (Fsp3) is 0.409. The Hall–Kier alpha value is -1.86. The molecule has 7 heteroatoms. The van der Waals surface area contributed by atoms with Crippen molar-refractivity contribution in [3.8, 4) is 0 Å². The number of sulfonamides is 1. The first-order valence-corrected chi connectivity index (χ1v) is 12.2. The lowest BCUT2D eigenvalue weighted by Crippen LogP contribution is -2.46. The molecule has 2 aromatic rings. The van der Waals surface area contributed by atoms with E-state index in [1.54, 1.807) is 48.5 Å². The third-order valence-electron chi connectivity index (χ3n) is 6.10. The standard InChI is InChI=1S/C22H25BrN2O3S/c1-15-2-10-20(11-3-15)29(27,28)25(19-8-6-18(23)7-9-19)14-22(26)24-21-13-16-4-5-17(21)12-16/h2-3,6-11,16-17,21H,4-5,12-14H2,1H3,(H,24,26). The Morgan fingerprint density at radius 3 is 2.34 bits per heavy atom. The van der Waals surface area contributed by atoms with Crippen molar-refractivity contribution in [3.63, 3.8) is 0 Å². The zero-order valence-electron chi connectivity index (χ0n) is 16.3. The molecule has 5 nitrogen and oxygen atoms in total. The monoisotopic (exact) mass is 476 g/mol. The number of carbonyl (C=O) groups excluding carboxylic acids is 1. The second-order valence-electron chi connectivity index (χ2n) is 8.15. The summed E-state index contributed by atoms with van der Waals surface area (Å²) in [5.41, 5.74) is 1.45. The molecule has 4 rings (SSSR count). The maximum Gasteiger partial charge on any atom is 0.264 e. The van der Waals surface area contributed by atoms with Crippen LogP contribution in [-0.4, -0.2) is 26.9 Å². The summed E-state index contributed by atoms with van der Waals surface area (Å²) in [6.45, 7) is 1.68. The molecule has 3 atom stereocenters. The van der Waals surface area contributed by atoms with Gasteiger partial charge in [-0.3, -0.25) is 9.10 Å². The van der Waals surface area contributed by atoms with Crippen LogP contribution in [0.25, 0.3) is 0 Å². The minimum atomic E-state index is -3.87. The Bertz CT molecular complexity index is 990. The van der Waals surface area contributed by atoms with Gasteiger partial charge in [0.05, 0.1) is 10.6 Å². The van der Waals surface area contributed by atoms with Gasteiger partial charge in [-0.15, -0.1) is 0 Å².